The molecule has 0 spiro atoms. The molecule has 2 aromatic rings. The minimum atomic E-state index is 0. The zero-order valence-electron chi connectivity index (χ0n) is 15.4. The summed E-state index contributed by atoms with van der Waals surface area (Å²) >= 11 is 0. The van der Waals surface area contributed by atoms with Crippen LogP contribution in [0.15, 0.2) is 27.7 Å². The van der Waals surface area contributed by atoms with Crippen LogP contribution < -0.4 is 15.4 Å². The van der Waals surface area contributed by atoms with Gasteiger partial charge in [-0.05, 0) is 44.2 Å². The van der Waals surface area contributed by atoms with E-state index in [1.54, 1.807) is 13.2 Å². The number of aliphatic imine (C=N–C) groups is 1. The standard InChI is InChI=1S/C18H25N5O2.HI/c1-12-13(2)25-17(23-12)10-22-18(19-3)21-9-15-6-7-20-16(8-15)24-11-14-4-5-14;/h6-8,14H,4-5,9-11H2,1-3H3,(H2,19,21,22);1H. The van der Waals surface area contributed by atoms with Crippen LogP contribution in [-0.4, -0.2) is 29.6 Å². The lowest BCUT2D eigenvalue weighted by atomic mass is 10.2. The molecule has 2 N–H and O–H groups in total. The molecule has 8 heteroatoms. The molecule has 0 saturated heterocycles. The summed E-state index contributed by atoms with van der Waals surface area (Å²) in [6.07, 6.45) is 4.31. The van der Waals surface area contributed by atoms with Crippen LogP contribution >= 0.6 is 24.0 Å². The number of rotatable bonds is 7. The summed E-state index contributed by atoms with van der Waals surface area (Å²) in [5.41, 5.74) is 2.00. The first kappa shape index (κ1) is 20.5. The van der Waals surface area contributed by atoms with Crippen molar-refractivity contribution in [3.05, 3.63) is 41.2 Å². The Morgan fingerprint density at radius 2 is 2.08 bits per heavy atom. The van der Waals surface area contributed by atoms with Gasteiger partial charge in [0, 0.05) is 25.9 Å². The fourth-order valence-corrected chi connectivity index (χ4v) is 2.31. The predicted molar refractivity (Wildman–Crippen MR) is 111 cm³/mol. The maximum atomic E-state index is 5.72. The molecular weight excluding hydrogens is 445 g/mol. The molecule has 1 saturated carbocycles. The molecule has 2 heterocycles. The van der Waals surface area contributed by atoms with Gasteiger partial charge in [-0.1, -0.05) is 0 Å². The number of halogens is 1. The second-order valence-electron chi connectivity index (χ2n) is 6.29. The van der Waals surface area contributed by atoms with E-state index in [9.17, 15) is 0 Å². The highest BCUT2D eigenvalue weighted by Crippen LogP contribution is 2.29. The average molecular weight is 471 g/mol. The number of ether oxygens (including phenoxy) is 1. The first-order chi connectivity index (χ1) is 12.1. The van der Waals surface area contributed by atoms with Gasteiger partial charge in [-0.3, -0.25) is 4.99 Å². The van der Waals surface area contributed by atoms with Crippen molar-refractivity contribution < 1.29 is 9.15 Å². The first-order valence-corrected chi connectivity index (χ1v) is 8.59. The van der Waals surface area contributed by atoms with Gasteiger partial charge < -0.3 is 19.8 Å². The molecule has 142 valence electrons. The highest BCUT2D eigenvalue weighted by molar-refractivity contribution is 14.0. The molecule has 7 nitrogen and oxygen atoms in total. The smallest absolute Gasteiger partial charge is 0.214 e. The third-order valence-electron chi connectivity index (χ3n) is 4.13. The fourth-order valence-electron chi connectivity index (χ4n) is 2.31. The lowest BCUT2D eigenvalue weighted by Crippen LogP contribution is -2.36. The SMILES string of the molecule is CN=C(NCc1ccnc(OCC2CC2)c1)NCc1nc(C)c(C)o1.I. The lowest BCUT2D eigenvalue weighted by molar-refractivity contribution is 0.288. The molecule has 0 aliphatic heterocycles. The van der Waals surface area contributed by atoms with Crippen LogP contribution in [0.5, 0.6) is 5.88 Å². The molecule has 3 rings (SSSR count). The summed E-state index contributed by atoms with van der Waals surface area (Å²) in [6.45, 7) is 5.72. The van der Waals surface area contributed by atoms with Crippen molar-refractivity contribution in [2.45, 2.75) is 39.8 Å². The minimum Gasteiger partial charge on any atom is -0.477 e. The molecule has 2 aromatic heterocycles. The second-order valence-corrected chi connectivity index (χ2v) is 6.29. The monoisotopic (exact) mass is 471 g/mol. The summed E-state index contributed by atoms with van der Waals surface area (Å²) < 4.78 is 11.3. The predicted octanol–water partition coefficient (Wildman–Crippen LogP) is 2.96. The van der Waals surface area contributed by atoms with E-state index in [0.717, 1.165) is 23.6 Å². The van der Waals surface area contributed by atoms with E-state index in [4.69, 9.17) is 9.15 Å². The molecule has 0 radical (unpaired) electrons. The van der Waals surface area contributed by atoms with Gasteiger partial charge >= 0.3 is 0 Å². The van der Waals surface area contributed by atoms with Gasteiger partial charge in [0.15, 0.2) is 5.96 Å². The van der Waals surface area contributed by atoms with Gasteiger partial charge in [0.2, 0.25) is 11.8 Å². The van der Waals surface area contributed by atoms with Crippen LogP contribution in [0.1, 0.15) is 35.7 Å². The number of nitrogens with one attached hydrogen (secondary N) is 2. The van der Waals surface area contributed by atoms with Crippen molar-refractivity contribution in [1.82, 2.24) is 20.6 Å². The summed E-state index contributed by atoms with van der Waals surface area (Å²) in [5, 5.41) is 6.46. The topological polar surface area (TPSA) is 84.6 Å². The van der Waals surface area contributed by atoms with Crippen LogP contribution in [0.2, 0.25) is 0 Å². The molecule has 0 atom stereocenters. The van der Waals surface area contributed by atoms with E-state index >= 15 is 0 Å². The van der Waals surface area contributed by atoms with Crippen LogP contribution in [0.3, 0.4) is 0 Å². The highest BCUT2D eigenvalue weighted by atomic mass is 127. The van der Waals surface area contributed by atoms with Crippen molar-refractivity contribution in [3.63, 3.8) is 0 Å². The van der Waals surface area contributed by atoms with Gasteiger partial charge in [0.25, 0.3) is 0 Å². The van der Waals surface area contributed by atoms with Gasteiger partial charge in [-0.2, -0.15) is 0 Å². The Morgan fingerprint density at radius 3 is 2.73 bits per heavy atom. The molecule has 1 fully saturated rings. The van der Waals surface area contributed by atoms with Crippen molar-refractivity contribution >= 4 is 29.9 Å². The Balaban J connectivity index is 0.00000243. The minimum absolute atomic E-state index is 0. The van der Waals surface area contributed by atoms with E-state index in [0.29, 0.717) is 36.7 Å². The van der Waals surface area contributed by atoms with Crippen molar-refractivity contribution in [1.29, 1.82) is 0 Å². The fraction of sp³-hybridized carbons (Fsp3) is 0.500. The third-order valence-corrected chi connectivity index (χ3v) is 4.13. The molecule has 1 aliphatic carbocycles. The lowest BCUT2D eigenvalue weighted by Gasteiger charge is -2.11. The number of nitrogens with zero attached hydrogens (tertiary/aromatic N) is 3. The number of aromatic nitrogens is 2. The number of oxazole rings is 1. The number of hydrogen-bond donors (Lipinski definition) is 2. The van der Waals surface area contributed by atoms with Crippen LogP contribution in [0.25, 0.3) is 0 Å². The van der Waals surface area contributed by atoms with E-state index in [1.165, 1.54) is 12.8 Å². The Bertz CT molecular complexity index is 723. The van der Waals surface area contributed by atoms with Crippen molar-refractivity contribution in [3.8, 4) is 5.88 Å². The molecule has 0 amide bonds. The van der Waals surface area contributed by atoms with Crippen LogP contribution in [0, 0.1) is 19.8 Å². The summed E-state index contributed by atoms with van der Waals surface area (Å²) in [4.78, 5) is 12.8. The number of guanidine groups is 1. The summed E-state index contributed by atoms with van der Waals surface area (Å²) in [6, 6.07) is 3.93. The van der Waals surface area contributed by atoms with E-state index in [-0.39, 0.29) is 24.0 Å². The summed E-state index contributed by atoms with van der Waals surface area (Å²) in [5.74, 6) is 3.58. The molecule has 26 heavy (non-hydrogen) atoms. The third kappa shape index (κ3) is 6.15. The van der Waals surface area contributed by atoms with Crippen molar-refractivity contribution in [2.75, 3.05) is 13.7 Å². The highest BCUT2D eigenvalue weighted by Gasteiger charge is 2.22. The largest absolute Gasteiger partial charge is 0.477 e. The number of pyridine rings is 1. The maximum Gasteiger partial charge on any atom is 0.214 e. The summed E-state index contributed by atoms with van der Waals surface area (Å²) in [7, 11) is 1.73. The molecule has 0 aromatic carbocycles. The average Bonchev–Trinajstić information content (AvgIpc) is 3.39. The maximum absolute atomic E-state index is 5.72. The van der Waals surface area contributed by atoms with Crippen LogP contribution in [-0.2, 0) is 13.1 Å². The van der Waals surface area contributed by atoms with E-state index in [2.05, 4.69) is 25.6 Å². The van der Waals surface area contributed by atoms with E-state index < -0.39 is 0 Å². The molecule has 0 bridgehead atoms. The van der Waals surface area contributed by atoms with E-state index in [1.807, 2.05) is 26.0 Å². The second kappa shape index (κ2) is 9.75. The Morgan fingerprint density at radius 1 is 1.31 bits per heavy atom. The van der Waals surface area contributed by atoms with Gasteiger partial charge in [-0.15, -0.1) is 24.0 Å². The first-order valence-electron chi connectivity index (χ1n) is 8.59. The Kier molecular flexibility index (Phi) is 7.67. The normalized spacial score (nSPS) is 13.9. The zero-order valence-corrected chi connectivity index (χ0v) is 17.7. The van der Waals surface area contributed by atoms with Crippen LogP contribution in [0.4, 0.5) is 0 Å². The van der Waals surface area contributed by atoms with Gasteiger partial charge in [0.05, 0.1) is 18.8 Å². The quantitative estimate of drug-likeness (QED) is 0.367. The number of aryl methyl sites for hydroxylation is 2. The zero-order chi connectivity index (χ0) is 17.6. The number of hydrogen-bond acceptors (Lipinski definition) is 5. The molecule has 0 unspecified atom stereocenters. The Hall–Kier alpha value is -1.84. The molecule has 1 aliphatic rings. The van der Waals surface area contributed by atoms with Gasteiger partial charge in [0.1, 0.15) is 5.76 Å². The molecular formula is C18H26IN5O2. The Labute approximate surface area is 171 Å². The van der Waals surface area contributed by atoms with Crippen molar-refractivity contribution in [2.24, 2.45) is 10.9 Å². The van der Waals surface area contributed by atoms with Gasteiger partial charge in [-0.25, -0.2) is 9.97 Å².